The first-order valence-electron chi connectivity index (χ1n) is 31.8. The van der Waals surface area contributed by atoms with Crippen LogP contribution in [0.3, 0.4) is 0 Å². The number of unbranched alkanes of at least 4 members (excludes halogenated alkanes) is 37. The van der Waals surface area contributed by atoms with Crippen molar-refractivity contribution in [1.29, 1.82) is 0 Å². The average Bonchev–Trinajstić information content (AvgIpc) is 3.41. The first kappa shape index (κ1) is 70.9. The molecule has 8 unspecified atom stereocenters. The molecule has 0 aliphatic carbocycles. The summed E-state index contributed by atoms with van der Waals surface area (Å²) in [6.45, 7) is 5.77. The van der Waals surface area contributed by atoms with Crippen molar-refractivity contribution in [2.24, 2.45) is 0 Å². The molecule has 0 saturated carbocycles. The monoisotopic (exact) mass is 1060 g/mol. The van der Waals surface area contributed by atoms with E-state index in [0.717, 1.165) is 44.9 Å². The zero-order valence-electron chi connectivity index (χ0n) is 48.7. The summed E-state index contributed by atoms with van der Waals surface area (Å²) in [5.74, 6) is -1.26. The molecule has 75 heavy (non-hydrogen) atoms. The van der Waals surface area contributed by atoms with E-state index < -0.39 is 67.4 Å². The highest BCUT2D eigenvalue weighted by atomic mass is 16.7. The largest absolute Gasteiger partial charge is 0.454 e. The lowest BCUT2D eigenvalue weighted by Crippen LogP contribution is -2.61. The summed E-state index contributed by atoms with van der Waals surface area (Å²) >= 11 is 0. The van der Waals surface area contributed by atoms with Crippen LogP contribution < -0.4 is 5.32 Å². The molecule has 1 heterocycles. The summed E-state index contributed by atoms with van der Waals surface area (Å²) in [5.41, 5.74) is 0. The molecule has 6 N–H and O–H groups in total. The van der Waals surface area contributed by atoms with Crippen molar-refractivity contribution in [2.75, 3.05) is 13.2 Å². The molecule has 1 aliphatic heterocycles. The second-order valence-corrected chi connectivity index (χ2v) is 22.2. The number of amides is 1. The van der Waals surface area contributed by atoms with Gasteiger partial charge in [-0.25, -0.2) is 0 Å². The van der Waals surface area contributed by atoms with E-state index in [-0.39, 0.29) is 19.4 Å². The Hall–Kier alpha value is -2.12. The molecule has 0 aromatic heterocycles. The van der Waals surface area contributed by atoms with Gasteiger partial charge in [-0.05, 0) is 38.5 Å². The molecule has 1 fully saturated rings. The first-order valence-corrected chi connectivity index (χ1v) is 31.8. The Bertz CT molecular complexity index is 1360. The number of ether oxygens (including phenoxy) is 3. The molecule has 1 saturated heterocycles. The number of allylic oxidation sites excluding steroid dienone is 4. The van der Waals surface area contributed by atoms with Crippen LogP contribution in [0.2, 0.25) is 0 Å². The number of nitrogens with one attached hydrogen (secondary N) is 1. The van der Waals surface area contributed by atoms with Gasteiger partial charge in [0.2, 0.25) is 5.91 Å². The van der Waals surface area contributed by atoms with E-state index in [9.17, 15) is 35.1 Å². The molecule has 0 aromatic rings. The molecular weight excluding hydrogens is 943 g/mol. The summed E-state index contributed by atoms with van der Waals surface area (Å²) < 4.78 is 17.6. The fourth-order valence-corrected chi connectivity index (χ4v) is 9.99. The summed E-state index contributed by atoms with van der Waals surface area (Å²) in [6.07, 6.45) is 52.1. The van der Waals surface area contributed by atoms with Gasteiger partial charge in [-0.15, -0.1) is 0 Å². The van der Waals surface area contributed by atoms with Crippen LogP contribution in [0.25, 0.3) is 0 Å². The third-order valence-electron chi connectivity index (χ3n) is 15.1. The van der Waals surface area contributed by atoms with Crippen LogP contribution in [-0.2, 0) is 23.8 Å². The smallest absolute Gasteiger partial charge is 0.306 e. The van der Waals surface area contributed by atoms with Crippen LogP contribution in [-0.4, -0.2) is 99.6 Å². The van der Waals surface area contributed by atoms with Crippen LogP contribution in [0.4, 0.5) is 0 Å². The summed E-state index contributed by atoms with van der Waals surface area (Å²) in [5, 5.41) is 56.8. The number of aliphatic hydroxyl groups is 5. The van der Waals surface area contributed by atoms with E-state index in [4.69, 9.17) is 14.2 Å². The Morgan fingerprint density at radius 1 is 0.520 bits per heavy atom. The van der Waals surface area contributed by atoms with E-state index in [1.54, 1.807) is 12.2 Å². The van der Waals surface area contributed by atoms with Crippen molar-refractivity contribution in [3.8, 4) is 0 Å². The van der Waals surface area contributed by atoms with Crippen molar-refractivity contribution >= 4 is 11.9 Å². The molecule has 8 atom stereocenters. The average molecular weight is 1060 g/mol. The number of hydrogen-bond acceptors (Lipinski definition) is 10. The summed E-state index contributed by atoms with van der Waals surface area (Å²) in [7, 11) is 0. The van der Waals surface area contributed by atoms with Crippen LogP contribution in [0.15, 0.2) is 36.5 Å². The van der Waals surface area contributed by atoms with Gasteiger partial charge < -0.3 is 45.1 Å². The zero-order valence-corrected chi connectivity index (χ0v) is 48.7. The topological polar surface area (TPSA) is 175 Å². The minimum atomic E-state index is -1.62. The number of esters is 1. The lowest BCUT2D eigenvalue weighted by molar-refractivity contribution is -0.305. The quantitative estimate of drug-likeness (QED) is 0.0195. The lowest BCUT2D eigenvalue weighted by Gasteiger charge is -2.41. The number of carbonyl (C=O) groups excluding carboxylic acids is 2. The highest BCUT2D eigenvalue weighted by molar-refractivity contribution is 5.81. The minimum Gasteiger partial charge on any atom is -0.454 e. The maximum absolute atomic E-state index is 13.3. The number of aliphatic hydroxyl groups excluding tert-OH is 5. The van der Waals surface area contributed by atoms with E-state index in [0.29, 0.717) is 12.8 Å². The van der Waals surface area contributed by atoms with Crippen LogP contribution >= 0.6 is 0 Å². The second-order valence-electron chi connectivity index (χ2n) is 22.2. The van der Waals surface area contributed by atoms with E-state index in [2.05, 4.69) is 38.2 Å². The first-order chi connectivity index (χ1) is 36.7. The Morgan fingerprint density at radius 3 is 1.36 bits per heavy atom. The van der Waals surface area contributed by atoms with E-state index in [1.165, 1.54) is 205 Å². The molecule has 440 valence electrons. The third kappa shape index (κ3) is 40.7. The fraction of sp³-hybridized carbons (Fsp3) is 0.875. The Labute approximate surface area is 460 Å². The molecule has 1 rings (SSSR count). The van der Waals surface area contributed by atoms with Gasteiger partial charge in [-0.1, -0.05) is 282 Å². The molecule has 0 bridgehead atoms. The van der Waals surface area contributed by atoms with Gasteiger partial charge in [0.25, 0.3) is 0 Å². The predicted molar refractivity (Wildman–Crippen MR) is 311 cm³/mol. The Morgan fingerprint density at radius 2 is 0.920 bits per heavy atom. The van der Waals surface area contributed by atoms with Gasteiger partial charge >= 0.3 is 5.97 Å². The molecule has 11 nitrogen and oxygen atoms in total. The van der Waals surface area contributed by atoms with Crippen molar-refractivity contribution in [1.82, 2.24) is 5.32 Å². The molecule has 1 amide bonds. The number of carbonyl (C=O) groups is 2. The van der Waals surface area contributed by atoms with Gasteiger partial charge in [0.15, 0.2) is 12.4 Å². The normalized spacial score (nSPS) is 19.4. The summed E-state index contributed by atoms with van der Waals surface area (Å²) in [4.78, 5) is 26.5. The SMILES string of the molecule is CCCCCCCC/C=C\C/C=C/CC(O)C(=O)NC(COC1OC(CO)C(O)C(O)C1OC(=O)CCCCCCCCCCCCCCCCCCCCCCC)C(O)/C=C/CCCCCCCCCCCCC. The standard InChI is InChI=1S/C64H119NO10/c1-4-7-10-13-16-19-22-25-26-27-28-29-30-31-32-34-37-40-43-46-49-52-59(69)75-62-61(71)60(70)58(53-66)74-64(62)73-54-55(56(67)50-47-44-41-38-36-33-23-20-17-14-11-8-5-2)65-63(72)57(68)51-48-45-42-39-35-24-21-18-15-12-9-6-3/h35,39,45,47-48,50,55-58,60-62,64,66-68,70-71H,4-34,36-38,40-44,46,49,51-54H2,1-3H3,(H,65,72)/b39-35-,48-45+,50-47+. The predicted octanol–water partition coefficient (Wildman–Crippen LogP) is 15.1. The number of hydrogen-bond donors (Lipinski definition) is 6. The maximum Gasteiger partial charge on any atom is 0.306 e. The molecule has 11 heteroatoms. The van der Waals surface area contributed by atoms with Crippen LogP contribution in [0.1, 0.15) is 297 Å². The molecule has 0 spiro atoms. The molecular formula is C64H119NO10. The third-order valence-corrected chi connectivity index (χ3v) is 15.1. The van der Waals surface area contributed by atoms with Crippen molar-refractivity contribution < 1.29 is 49.3 Å². The second kappa shape index (κ2) is 52.6. The highest BCUT2D eigenvalue weighted by Crippen LogP contribution is 2.26. The fourth-order valence-electron chi connectivity index (χ4n) is 9.99. The van der Waals surface area contributed by atoms with Crippen LogP contribution in [0.5, 0.6) is 0 Å². The van der Waals surface area contributed by atoms with Gasteiger partial charge in [-0.3, -0.25) is 9.59 Å². The molecule has 1 aliphatic rings. The number of rotatable bonds is 54. The van der Waals surface area contributed by atoms with Gasteiger partial charge in [0, 0.05) is 12.8 Å². The Kier molecular flexibility index (Phi) is 49.7. The Balaban J connectivity index is 2.65. The maximum atomic E-state index is 13.3. The van der Waals surface area contributed by atoms with Gasteiger partial charge in [-0.2, -0.15) is 0 Å². The minimum absolute atomic E-state index is 0.0844. The van der Waals surface area contributed by atoms with E-state index in [1.807, 2.05) is 12.2 Å². The van der Waals surface area contributed by atoms with Crippen molar-refractivity contribution in [2.45, 2.75) is 346 Å². The summed E-state index contributed by atoms with van der Waals surface area (Å²) in [6, 6.07) is -1.05. The lowest BCUT2D eigenvalue weighted by atomic mass is 9.99. The van der Waals surface area contributed by atoms with Gasteiger partial charge in [0.05, 0.1) is 25.4 Å². The van der Waals surface area contributed by atoms with Crippen molar-refractivity contribution in [3.63, 3.8) is 0 Å². The molecule has 0 aromatic carbocycles. The highest BCUT2D eigenvalue weighted by Gasteiger charge is 2.47. The van der Waals surface area contributed by atoms with Crippen LogP contribution in [0, 0.1) is 0 Å². The molecule has 0 radical (unpaired) electrons. The van der Waals surface area contributed by atoms with E-state index >= 15 is 0 Å². The zero-order chi connectivity index (χ0) is 54.7. The van der Waals surface area contributed by atoms with Crippen molar-refractivity contribution in [3.05, 3.63) is 36.5 Å². The van der Waals surface area contributed by atoms with Gasteiger partial charge in [0.1, 0.15) is 24.4 Å².